The SMILES string of the molecule is CCN=C(NC1C2CCOC2C1(C)C)N1CCC(C(=O)OCC)CC1.I. The normalized spacial score (nSPS) is 30.8. The molecule has 1 saturated carbocycles. The topological polar surface area (TPSA) is 63.2 Å². The van der Waals surface area contributed by atoms with Crippen molar-refractivity contribution in [3.8, 4) is 0 Å². The Kier molecular flexibility index (Phi) is 7.59. The van der Waals surface area contributed by atoms with Gasteiger partial charge in [0, 0.05) is 43.6 Å². The highest BCUT2D eigenvalue weighted by Crippen LogP contribution is 2.52. The number of carbonyl (C=O) groups is 1. The first-order valence-corrected chi connectivity index (χ1v) is 9.83. The van der Waals surface area contributed by atoms with Crippen LogP contribution in [0, 0.1) is 17.3 Å². The summed E-state index contributed by atoms with van der Waals surface area (Å²) in [7, 11) is 0. The van der Waals surface area contributed by atoms with Gasteiger partial charge in [0.2, 0.25) is 0 Å². The number of hydrogen-bond acceptors (Lipinski definition) is 4. The Balaban J connectivity index is 0.00000243. The predicted molar refractivity (Wildman–Crippen MR) is 113 cm³/mol. The van der Waals surface area contributed by atoms with Gasteiger partial charge in [-0.05, 0) is 33.1 Å². The van der Waals surface area contributed by atoms with E-state index in [2.05, 4.69) is 31.0 Å². The maximum atomic E-state index is 11.9. The molecule has 2 saturated heterocycles. The summed E-state index contributed by atoms with van der Waals surface area (Å²) in [5.74, 6) is 1.57. The van der Waals surface area contributed by atoms with Crippen LogP contribution in [0.4, 0.5) is 0 Å². The van der Waals surface area contributed by atoms with Crippen molar-refractivity contribution in [1.29, 1.82) is 0 Å². The van der Waals surface area contributed by atoms with Crippen molar-refractivity contribution in [1.82, 2.24) is 10.2 Å². The summed E-state index contributed by atoms with van der Waals surface area (Å²) in [6, 6.07) is 0.410. The van der Waals surface area contributed by atoms with Crippen LogP contribution in [0.1, 0.15) is 47.0 Å². The molecule has 1 N–H and O–H groups in total. The van der Waals surface area contributed by atoms with Gasteiger partial charge in [0.15, 0.2) is 5.96 Å². The Morgan fingerprint density at radius 3 is 2.58 bits per heavy atom. The zero-order chi connectivity index (χ0) is 18.0. The van der Waals surface area contributed by atoms with Crippen LogP contribution >= 0.6 is 24.0 Å². The summed E-state index contributed by atoms with van der Waals surface area (Å²) in [4.78, 5) is 19.0. The van der Waals surface area contributed by atoms with E-state index in [4.69, 9.17) is 14.5 Å². The van der Waals surface area contributed by atoms with Gasteiger partial charge < -0.3 is 19.7 Å². The lowest BCUT2D eigenvalue weighted by Gasteiger charge is -2.55. The van der Waals surface area contributed by atoms with E-state index in [0.717, 1.165) is 51.5 Å². The van der Waals surface area contributed by atoms with E-state index in [1.165, 1.54) is 0 Å². The fourth-order valence-corrected chi connectivity index (χ4v) is 4.73. The van der Waals surface area contributed by atoms with Gasteiger partial charge in [-0.25, -0.2) is 0 Å². The second-order valence-corrected chi connectivity index (χ2v) is 8.00. The minimum Gasteiger partial charge on any atom is -0.466 e. The molecule has 0 aromatic carbocycles. The van der Waals surface area contributed by atoms with Crippen LogP contribution in [-0.4, -0.2) is 61.8 Å². The molecule has 0 bridgehead atoms. The highest BCUT2D eigenvalue weighted by Gasteiger charge is 2.59. The summed E-state index contributed by atoms with van der Waals surface area (Å²) < 4.78 is 11.1. The Morgan fingerprint density at radius 1 is 1.27 bits per heavy atom. The summed E-state index contributed by atoms with van der Waals surface area (Å²) >= 11 is 0. The molecule has 150 valence electrons. The molecule has 3 unspecified atom stereocenters. The van der Waals surface area contributed by atoms with E-state index in [9.17, 15) is 4.79 Å². The monoisotopic (exact) mass is 479 g/mol. The standard InChI is InChI=1S/C19H33N3O3.HI/c1-5-20-18(21-15-14-9-12-25-16(14)19(15,3)4)22-10-7-13(8-11-22)17(23)24-6-2;/h13-16H,5-12H2,1-4H3,(H,20,21);1H. The smallest absolute Gasteiger partial charge is 0.309 e. The number of nitrogens with zero attached hydrogens (tertiary/aromatic N) is 2. The van der Waals surface area contributed by atoms with Crippen LogP contribution in [0.25, 0.3) is 0 Å². The van der Waals surface area contributed by atoms with Crippen molar-refractivity contribution in [3.63, 3.8) is 0 Å². The predicted octanol–water partition coefficient (Wildman–Crippen LogP) is 2.66. The van der Waals surface area contributed by atoms with Crippen molar-refractivity contribution in [2.24, 2.45) is 22.2 Å². The van der Waals surface area contributed by atoms with Gasteiger partial charge in [-0.1, -0.05) is 13.8 Å². The number of rotatable bonds is 4. The summed E-state index contributed by atoms with van der Waals surface area (Å²) in [5.41, 5.74) is 0.138. The van der Waals surface area contributed by atoms with E-state index in [1.54, 1.807) is 0 Å². The van der Waals surface area contributed by atoms with Gasteiger partial charge in [0.05, 0.1) is 18.6 Å². The lowest BCUT2D eigenvalue weighted by atomic mass is 9.57. The third-order valence-corrected chi connectivity index (χ3v) is 6.11. The minimum atomic E-state index is -0.0461. The molecule has 3 atom stereocenters. The van der Waals surface area contributed by atoms with Gasteiger partial charge in [-0.15, -0.1) is 24.0 Å². The quantitative estimate of drug-likeness (QED) is 0.291. The van der Waals surface area contributed by atoms with Crippen molar-refractivity contribution in [3.05, 3.63) is 0 Å². The molecular weight excluding hydrogens is 445 g/mol. The molecule has 0 amide bonds. The molecule has 3 aliphatic rings. The number of halogens is 1. The molecule has 2 aliphatic heterocycles. The molecule has 1 aliphatic carbocycles. The molecule has 2 heterocycles. The highest BCUT2D eigenvalue weighted by molar-refractivity contribution is 14.0. The molecule has 26 heavy (non-hydrogen) atoms. The Morgan fingerprint density at radius 2 is 1.96 bits per heavy atom. The number of ether oxygens (including phenoxy) is 2. The lowest BCUT2D eigenvalue weighted by Crippen LogP contribution is -2.68. The molecule has 0 spiro atoms. The van der Waals surface area contributed by atoms with Gasteiger partial charge in [-0.2, -0.15) is 0 Å². The fraction of sp³-hybridized carbons (Fsp3) is 0.895. The molecular formula is C19H34IN3O3. The fourth-order valence-electron chi connectivity index (χ4n) is 4.73. The second kappa shape index (κ2) is 9.08. The Bertz CT molecular complexity index is 518. The van der Waals surface area contributed by atoms with Crippen LogP contribution < -0.4 is 5.32 Å². The van der Waals surface area contributed by atoms with Crippen molar-refractivity contribution < 1.29 is 14.3 Å². The van der Waals surface area contributed by atoms with E-state index in [-0.39, 0.29) is 41.3 Å². The van der Waals surface area contributed by atoms with Crippen molar-refractivity contribution in [2.75, 3.05) is 32.8 Å². The number of piperidine rings is 1. The molecule has 3 rings (SSSR count). The van der Waals surface area contributed by atoms with Crippen LogP contribution in [-0.2, 0) is 14.3 Å². The van der Waals surface area contributed by atoms with Crippen LogP contribution in [0.15, 0.2) is 4.99 Å². The zero-order valence-electron chi connectivity index (χ0n) is 16.5. The summed E-state index contributed by atoms with van der Waals surface area (Å²) in [6.07, 6.45) is 3.19. The number of hydrogen-bond donors (Lipinski definition) is 1. The number of guanidine groups is 1. The molecule has 3 fully saturated rings. The first-order valence-electron chi connectivity index (χ1n) is 9.83. The Labute approximate surface area is 174 Å². The number of aliphatic imine (C=N–C) groups is 1. The van der Waals surface area contributed by atoms with Crippen LogP contribution in [0.5, 0.6) is 0 Å². The molecule has 0 aromatic heterocycles. The maximum absolute atomic E-state index is 11.9. The Hall–Kier alpha value is -0.570. The lowest BCUT2D eigenvalue weighted by molar-refractivity contribution is -0.149. The third-order valence-electron chi connectivity index (χ3n) is 6.11. The molecule has 0 radical (unpaired) electrons. The number of likely N-dealkylation sites (tertiary alicyclic amines) is 1. The van der Waals surface area contributed by atoms with Crippen LogP contribution in [0.3, 0.4) is 0 Å². The van der Waals surface area contributed by atoms with Gasteiger partial charge in [-0.3, -0.25) is 9.79 Å². The van der Waals surface area contributed by atoms with Crippen molar-refractivity contribution >= 4 is 35.9 Å². The first kappa shape index (κ1) is 21.7. The average Bonchev–Trinajstić information content (AvgIpc) is 3.06. The molecule has 6 nitrogen and oxygen atoms in total. The number of carbonyl (C=O) groups excluding carboxylic acids is 1. The van der Waals surface area contributed by atoms with Gasteiger partial charge >= 0.3 is 5.97 Å². The van der Waals surface area contributed by atoms with E-state index < -0.39 is 0 Å². The largest absolute Gasteiger partial charge is 0.466 e. The number of esters is 1. The molecule has 0 aromatic rings. The van der Waals surface area contributed by atoms with Crippen molar-refractivity contribution in [2.45, 2.75) is 59.1 Å². The number of nitrogens with one attached hydrogen (secondary N) is 1. The van der Waals surface area contributed by atoms with E-state index >= 15 is 0 Å². The third kappa shape index (κ3) is 4.13. The van der Waals surface area contributed by atoms with E-state index in [0.29, 0.717) is 24.7 Å². The second-order valence-electron chi connectivity index (χ2n) is 8.00. The zero-order valence-corrected chi connectivity index (χ0v) is 18.8. The summed E-state index contributed by atoms with van der Waals surface area (Å²) in [6.45, 7) is 12.3. The van der Waals surface area contributed by atoms with E-state index in [1.807, 2.05) is 6.92 Å². The first-order chi connectivity index (χ1) is 12.0. The molecule has 7 heteroatoms. The number of fused-ring (bicyclic) bond motifs is 1. The van der Waals surface area contributed by atoms with Gasteiger partial charge in [0.1, 0.15) is 0 Å². The summed E-state index contributed by atoms with van der Waals surface area (Å²) in [5, 5.41) is 3.73. The average molecular weight is 479 g/mol. The van der Waals surface area contributed by atoms with Crippen LogP contribution in [0.2, 0.25) is 0 Å². The highest BCUT2D eigenvalue weighted by atomic mass is 127. The minimum absolute atomic E-state index is 0. The van der Waals surface area contributed by atoms with Gasteiger partial charge in [0.25, 0.3) is 0 Å². The maximum Gasteiger partial charge on any atom is 0.309 e.